The molecule has 0 saturated heterocycles. The maximum Gasteiger partial charge on any atom is 0.317 e. The van der Waals surface area contributed by atoms with Gasteiger partial charge in [-0.2, -0.15) is 0 Å². The lowest BCUT2D eigenvalue weighted by atomic mass is 9.91. The van der Waals surface area contributed by atoms with Gasteiger partial charge in [-0.05, 0) is 30.2 Å². The summed E-state index contributed by atoms with van der Waals surface area (Å²) in [6, 6.07) is 12.9. The predicted octanol–water partition coefficient (Wildman–Crippen LogP) is 4.61. The highest BCUT2D eigenvalue weighted by Gasteiger charge is 2.24. The van der Waals surface area contributed by atoms with Gasteiger partial charge in [0.05, 0.1) is 17.2 Å². The Kier molecular flexibility index (Phi) is 4.69. The molecule has 0 saturated carbocycles. The third-order valence-electron chi connectivity index (χ3n) is 3.12. The number of hydrogen-bond acceptors (Lipinski definition) is 2. The summed E-state index contributed by atoms with van der Waals surface area (Å²) in [5.41, 5.74) is 2.75. The molecule has 0 bridgehead atoms. The molecule has 0 amide bonds. The molecule has 1 unspecified atom stereocenters. The van der Waals surface area contributed by atoms with Crippen molar-refractivity contribution in [1.82, 2.24) is 0 Å². The molecule has 0 spiro atoms. The van der Waals surface area contributed by atoms with Crippen LogP contribution in [0.15, 0.2) is 42.5 Å². The first-order chi connectivity index (χ1) is 9.52. The van der Waals surface area contributed by atoms with E-state index in [0.29, 0.717) is 10.0 Å². The Morgan fingerprint density at radius 1 is 1.00 bits per heavy atom. The van der Waals surface area contributed by atoms with E-state index in [1.165, 1.54) is 7.11 Å². The van der Waals surface area contributed by atoms with Gasteiger partial charge in [0.25, 0.3) is 0 Å². The zero-order valence-electron chi connectivity index (χ0n) is 11.2. The molecule has 0 heterocycles. The van der Waals surface area contributed by atoms with Crippen LogP contribution in [0.3, 0.4) is 0 Å². The van der Waals surface area contributed by atoms with Crippen molar-refractivity contribution in [3.8, 4) is 0 Å². The molecule has 104 valence electrons. The summed E-state index contributed by atoms with van der Waals surface area (Å²) in [7, 11) is 1.38. The SMILES string of the molecule is COC(=O)C(c1ccc(C)cc1)c1ccc(Cl)c(Cl)c1. The van der Waals surface area contributed by atoms with Crippen LogP contribution in [0.4, 0.5) is 0 Å². The minimum absolute atomic E-state index is 0.327. The second-order valence-corrected chi connectivity index (χ2v) is 5.35. The monoisotopic (exact) mass is 308 g/mol. The fourth-order valence-electron chi connectivity index (χ4n) is 2.03. The number of carbonyl (C=O) groups excluding carboxylic acids is 1. The molecule has 2 nitrogen and oxygen atoms in total. The Hall–Kier alpha value is -1.51. The molecule has 2 rings (SSSR count). The first kappa shape index (κ1) is 14.9. The molecule has 0 aromatic heterocycles. The van der Waals surface area contributed by atoms with E-state index in [0.717, 1.165) is 16.7 Å². The molecule has 4 heteroatoms. The number of halogens is 2. The van der Waals surface area contributed by atoms with Crippen molar-refractivity contribution in [3.05, 3.63) is 69.2 Å². The zero-order chi connectivity index (χ0) is 14.7. The molecule has 2 aromatic carbocycles. The third kappa shape index (κ3) is 3.14. The molecule has 0 aliphatic carbocycles. The molecular weight excluding hydrogens is 295 g/mol. The zero-order valence-corrected chi connectivity index (χ0v) is 12.7. The fourth-order valence-corrected chi connectivity index (χ4v) is 2.34. The van der Waals surface area contributed by atoms with Gasteiger partial charge in [0.2, 0.25) is 0 Å². The normalized spacial score (nSPS) is 12.0. The molecule has 0 fully saturated rings. The number of benzene rings is 2. The van der Waals surface area contributed by atoms with Crippen LogP contribution in [-0.2, 0) is 9.53 Å². The van der Waals surface area contributed by atoms with E-state index < -0.39 is 5.92 Å². The Balaban J connectivity index is 2.49. The maximum atomic E-state index is 12.1. The van der Waals surface area contributed by atoms with Crippen LogP contribution in [0.5, 0.6) is 0 Å². The van der Waals surface area contributed by atoms with Crippen LogP contribution in [0.1, 0.15) is 22.6 Å². The Bertz CT molecular complexity index is 621. The minimum Gasteiger partial charge on any atom is -0.468 e. The molecule has 0 N–H and O–H groups in total. The molecular formula is C16H14Cl2O2. The van der Waals surface area contributed by atoms with Crippen molar-refractivity contribution < 1.29 is 9.53 Å². The molecule has 0 radical (unpaired) electrons. The predicted molar refractivity (Wildman–Crippen MR) is 81.5 cm³/mol. The smallest absolute Gasteiger partial charge is 0.317 e. The first-order valence-corrected chi connectivity index (χ1v) is 6.88. The lowest BCUT2D eigenvalue weighted by Gasteiger charge is -2.16. The third-order valence-corrected chi connectivity index (χ3v) is 3.86. The van der Waals surface area contributed by atoms with Gasteiger partial charge in [-0.25, -0.2) is 0 Å². The van der Waals surface area contributed by atoms with Crippen molar-refractivity contribution in [2.75, 3.05) is 7.11 Å². The second-order valence-electron chi connectivity index (χ2n) is 4.54. The number of hydrogen-bond donors (Lipinski definition) is 0. The average molecular weight is 309 g/mol. The van der Waals surface area contributed by atoms with Crippen LogP contribution < -0.4 is 0 Å². The van der Waals surface area contributed by atoms with E-state index in [-0.39, 0.29) is 5.97 Å². The van der Waals surface area contributed by atoms with E-state index in [9.17, 15) is 4.79 Å². The number of carbonyl (C=O) groups is 1. The Morgan fingerprint density at radius 3 is 2.15 bits per heavy atom. The van der Waals surface area contributed by atoms with Crippen molar-refractivity contribution in [1.29, 1.82) is 0 Å². The summed E-state index contributed by atoms with van der Waals surface area (Å²) in [4.78, 5) is 12.1. The maximum absolute atomic E-state index is 12.1. The van der Waals surface area contributed by atoms with Crippen LogP contribution in [0.2, 0.25) is 10.0 Å². The Labute approximate surface area is 128 Å². The summed E-state index contributed by atoms with van der Waals surface area (Å²) in [5, 5.41) is 0.883. The van der Waals surface area contributed by atoms with E-state index in [1.54, 1.807) is 18.2 Å². The quantitative estimate of drug-likeness (QED) is 0.774. The van der Waals surface area contributed by atoms with Crippen LogP contribution >= 0.6 is 23.2 Å². The standard InChI is InChI=1S/C16H14Cl2O2/c1-10-3-5-11(6-4-10)15(16(19)20-2)12-7-8-13(17)14(18)9-12/h3-9,15H,1-2H3. The highest BCUT2D eigenvalue weighted by molar-refractivity contribution is 6.42. The average Bonchev–Trinajstić information content (AvgIpc) is 2.45. The second kappa shape index (κ2) is 6.29. The largest absolute Gasteiger partial charge is 0.468 e. The number of aryl methyl sites for hydroxylation is 1. The van der Waals surface area contributed by atoms with Crippen LogP contribution in [0.25, 0.3) is 0 Å². The summed E-state index contributed by atoms with van der Waals surface area (Å²) >= 11 is 12.0. The molecule has 20 heavy (non-hydrogen) atoms. The van der Waals surface area contributed by atoms with Crippen molar-refractivity contribution in [2.45, 2.75) is 12.8 Å². The molecule has 0 aliphatic heterocycles. The van der Waals surface area contributed by atoms with Crippen molar-refractivity contribution >= 4 is 29.2 Å². The summed E-state index contributed by atoms with van der Waals surface area (Å²) < 4.78 is 4.91. The van der Waals surface area contributed by atoms with Gasteiger partial charge < -0.3 is 4.74 Å². The first-order valence-electron chi connectivity index (χ1n) is 6.12. The van der Waals surface area contributed by atoms with Gasteiger partial charge in [0.15, 0.2) is 0 Å². The van der Waals surface area contributed by atoms with Gasteiger partial charge >= 0.3 is 5.97 Å². The van der Waals surface area contributed by atoms with Crippen molar-refractivity contribution in [3.63, 3.8) is 0 Å². The topological polar surface area (TPSA) is 26.3 Å². The highest BCUT2D eigenvalue weighted by atomic mass is 35.5. The van der Waals surface area contributed by atoms with Gasteiger partial charge in [-0.3, -0.25) is 4.79 Å². The lowest BCUT2D eigenvalue weighted by molar-refractivity contribution is -0.141. The summed E-state index contributed by atoms with van der Waals surface area (Å²) in [5.74, 6) is -0.831. The van der Waals surface area contributed by atoms with E-state index in [1.807, 2.05) is 31.2 Å². The minimum atomic E-state index is -0.504. The van der Waals surface area contributed by atoms with E-state index in [2.05, 4.69) is 0 Å². The van der Waals surface area contributed by atoms with Crippen LogP contribution in [0, 0.1) is 6.92 Å². The number of ether oxygens (including phenoxy) is 1. The summed E-state index contributed by atoms with van der Waals surface area (Å²) in [6.45, 7) is 2.00. The van der Waals surface area contributed by atoms with E-state index >= 15 is 0 Å². The molecule has 0 aliphatic rings. The number of esters is 1. The molecule has 2 aromatic rings. The lowest BCUT2D eigenvalue weighted by Crippen LogP contribution is -2.15. The van der Waals surface area contributed by atoms with Gasteiger partial charge in [0.1, 0.15) is 5.92 Å². The van der Waals surface area contributed by atoms with Gasteiger partial charge in [0, 0.05) is 0 Å². The molecule has 1 atom stereocenters. The van der Waals surface area contributed by atoms with Crippen LogP contribution in [-0.4, -0.2) is 13.1 Å². The van der Waals surface area contributed by atoms with Gasteiger partial charge in [-0.15, -0.1) is 0 Å². The highest BCUT2D eigenvalue weighted by Crippen LogP contribution is 2.31. The number of rotatable bonds is 3. The fraction of sp³-hybridized carbons (Fsp3) is 0.188. The van der Waals surface area contributed by atoms with Crippen molar-refractivity contribution in [2.24, 2.45) is 0 Å². The summed E-state index contributed by atoms with van der Waals surface area (Å²) in [6.07, 6.45) is 0. The van der Waals surface area contributed by atoms with E-state index in [4.69, 9.17) is 27.9 Å². The Morgan fingerprint density at radius 2 is 1.60 bits per heavy atom. The van der Waals surface area contributed by atoms with Gasteiger partial charge in [-0.1, -0.05) is 59.1 Å². The number of methoxy groups -OCH3 is 1.